The van der Waals surface area contributed by atoms with Gasteiger partial charge in [0.15, 0.2) is 0 Å². The van der Waals surface area contributed by atoms with Crippen LogP contribution in [-0.2, 0) is 9.59 Å². The third kappa shape index (κ3) is 5.66. The number of rotatable bonds is 7. The number of hydrogen-bond acceptors (Lipinski definition) is 4. The molecule has 1 N–H and O–H groups in total. The highest BCUT2D eigenvalue weighted by Gasteiger charge is 2.10. The van der Waals surface area contributed by atoms with Crippen molar-refractivity contribution in [3.8, 4) is 11.5 Å². The molecular weight excluding hydrogens is 332 g/mol. The van der Waals surface area contributed by atoms with E-state index in [-0.39, 0.29) is 18.4 Å². The van der Waals surface area contributed by atoms with Gasteiger partial charge in [-0.3, -0.25) is 9.59 Å². The Kier molecular flexibility index (Phi) is 6.79. The maximum atomic E-state index is 12.2. The molecule has 0 saturated heterocycles. The van der Waals surface area contributed by atoms with Crippen LogP contribution in [0.3, 0.4) is 0 Å². The van der Waals surface area contributed by atoms with Crippen LogP contribution in [0.1, 0.15) is 5.56 Å². The first kappa shape index (κ1) is 19.1. The number of methoxy groups -OCH3 is 2. The number of benzene rings is 2. The molecular formula is C20H22N2O4. The van der Waals surface area contributed by atoms with Gasteiger partial charge in [-0.15, -0.1) is 0 Å². The SMILES string of the molecule is COc1cc(/C=C/C(=O)N(C)CC(=O)Nc2ccccc2)cc(OC)c1. The Bertz CT molecular complexity index is 765. The van der Waals surface area contributed by atoms with E-state index in [4.69, 9.17) is 9.47 Å². The molecule has 2 aromatic carbocycles. The number of ether oxygens (including phenoxy) is 2. The van der Waals surface area contributed by atoms with Crippen LogP contribution in [0, 0.1) is 0 Å². The molecule has 6 nitrogen and oxygen atoms in total. The number of amides is 2. The zero-order chi connectivity index (χ0) is 18.9. The van der Waals surface area contributed by atoms with Crippen molar-refractivity contribution in [2.45, 2.75) is 0 Å². The van der Waals surface area contributed by atoms with Gasteiger partial charge < -0.3 is 19.7 Å². The van der Waals surface area contributed by atoms with Crippen molar-refractivity contribution in [2.75, 3.05) is 33.1 Å². The summed E-state index contributed by atoms with van der Waals surface area (Å²) in [6.45, 7) is -0.0422. The first-order valence-corrected chi connectivity index (χ1v) is 8.03. The van der Waals surface area contributed by atoms with E-state index in [1.54, 1.807) is 57.7 Å². The van der Waals surface area contributed by atoms with Crippen LogP contribution < -0.4 is 14.8 Å². The van der Waals surface area contributed by atoms with E-state index in [9.17, 15) is 9.59 Å². The van der Waals surface area contributed by atoms with Crippen molar-refractivity contribution in [1.29, 1.82) is 0 Å². The number of likely N-dealkylation sites (N-methyl/N-ethyl adjacent to an activating group) is 1. The number of anilines is 1. The summed E-state index contributed by atoms with van der Waals surface area (Å²) in [7, 11) is 4.70. The van der Waals surface area contributed by atoms with Crippen LogP contribution in [-0.4, -0.2) is 44.5 Å². The summed E-state index contributed by atoms with van der Waals surface area (Å²) in [5.41, 5.74) is 1.45. The zero-order valence-electron chi connectivity index (χ0n) is 15.1. The Morgan fingerprint density at radius 3 is 2.23 bits per heavy atom. The lowest BCUT2D eigenvalue weighted by Crippen LogP contribution is -2.33. The van der Waals surface area contributed by atoms with E-state index in [2.05, 4.69) is 5.32 Å². The molecule has 6 heteroatoms. The minimum atomic E-state index is -0.282. The molecule has 0 heterocycles. The minimum Gasteiger partial charge on any atom is -0.497 e. The largest absolute Gasteiger partial charge is 0.497 e. The molecule has 0 aromatic heterocycles. The number of nitrogens with one attached hydrogen (secondary N) is 1. The second-order valence-electron chi connectivity index (χ2n) is 5.59. The molecule has 0 aliphatic heterocycles. The standard InChI is InChI=1S/C20H22N2O4/c1-22(14-19(23)21-16-7-5-4-6-8-16)20(24)10-9-15-11-17(25-2)13-18(12-15)26-3/h4-13H,14H2,1-3H3,(H,21,23)/b10-9+. The van der Waals surface area contributed by atoms with Gasteiger partial charge in [0.1, 0.15) is 11.5 Å². The van der Waals surface area contributed by atoms with Gasteiger partial charge in [-0.25, -0.2) is 0 Å². The second-order valence-corrected chi connectivity index (χ2v) is 5.59. The Hall–Kier alpha value is -3.28. The topological polar surface area (TPSA) is 67.9 Å². The van der Waals surface area contributed by atoms with Crippen molar-refractivity contribution in [3.05, 3.63) is 60.2 Å². The number of carbonyl (C=O) groups excluding carboxylic acids is 2. The monoisotopic (exact) mass is 354 g/mol. The average molecular weight is 354 g/mol. The molecule has 0 aliphatic carbocycles. The first-order valence-electron chi connectivity index (χ1n) is 8.03. The minimum absolute atomic E-state index is 0.0422. The van der Waals surface area contributed by atoms with Crippen LogP contribution in [0.4, 0.5) is 5.69 Å². The highest BCUT2D eigenvalue weighted by molar-refractivity contribution is 5.97. The maximum absolute atomic E-state index is 12.2. The number of para-hydroxylation sites is 1. The van der Waals surface area contributed by atoms with Crippen molar-refractivity contribution in [1.82, 2.24) is 4.90 Å². The van der Waals surface area contributed by atoms with Gasteiger partial charge in [0, 0.05) is 24.9 Å². The predicted octanol–water partition coefficient (Wildman–Crippen LogP) is 2.81. The van der Waals surface area contributed by atoms with Gasteiger partial charge in [-0.05, 0) is 35.9 Å². The van der Waals surface area contributed by atoms with Crippen molar-refractivity contribution < 1.29 is 19.1 Å². The number of carbonyl (C=O) groups is 2. The molecule has 0 atom stereocenters. The maximum Gasteiger partial charge on any atom is 0.246 e. The molecule has 26 heavy (non-hydrogen) atoms. The summed E-state index contributed by atoms with van der Waals surface area (Å²) in [6.07, 6.45) is 3.06. The lowest BCUT2D eigenvalue weighted by molar-refractivity contribution is -0.129. The Morgan fingerprint density at radius 2 is 1.65 bits per heavy atom. The normalized spacial score (nSPS) is 10.4. The molecule has 0 aliphatic rings. The van der Waals surface area contributed by atoms with Crippen LogP contribution in [0.5, 0.6) is 11.5 Å². The fourth-order valence-corrected chi connectivity index (χ4v) is 2.24. The zero-order valence-corrected chi connectivity index (χ0v) is 15.1. The van der Waals surface area contributed by atoms with E-state index in [1.165, 1.54) is 11.0 Å². The summed E-state index contributed by atoms with van der Waals surface area (Å²) >= 11 is 0. The molecule has 0 radical (unpaired) electrons. The predicted molar refractivity (Wildman–Crippen MR) is 101 cm³/mol. The third-order valence-electron chi connectivity index (χ3n) is 3.61. The Labute approximate surface area is 153 Å². The molecule has 136 valence electrons. The van der Waals surface area contributed by atoms with Gasteiger partial charge >= 0.3 is 0 Å². The number of nitrogens with zero attached hydrogens (tertiary/aromatic N) is 1. The van der Waals surface area contributed by atoms with Gasteiger partial charge in [0.2, 0.25) is 11.8 Å². The molecule has 0 unspecified atom stereocenters. The second kappa shape index (κ2) is 9.27. The average Bonchev–Trinajstić information content (AvgIpc) is 2.66. The van der Waals surface area contributed by atoms with E-state index >= 15 is 0 Å². The summed E-state index contributed by atoms with van der Waals surface area (Å²) in [4.78, 5) is 25.6. The summed E-state index contributed by atoms with van der Waals surface area (Å²) in [5, 5.41) is 2.74. The van der Waals surface area contributed by atoms with Gasteiger partial charge in [-0.2, -0.15) is 0 Å². The molecule has 0 saturated carbocycles. The fraction of sp³-hybridized carbons (Fsp3) is 0.200. The van der Waals surface area contributed by atoms with Crippen LogP contribution in [0.25, 0.3) is 6.08 Å². The van der Waals surface area contributed by atoms with Crippen LogP contribution in [0.2, 0.25) is 0 Å². The molecule has 2 aromatic rings. The fourth-order valence-electron chi connectivity index (χ4n) is 2.24. The van der Waals surface area contributed by atoms with E-state index < -0.39 is 0 Å². The third-order valence-corrected chi connectivity index (χ3v) is 3.61. The highest BCUT2D eigenvalue weighted by Crippen LogP contribution is 2.23. The Morgan fingerprint density at radius 1 is 1.04 bits per heavy atom. The lowest BCUT2D eigenvalue weighted by atomic mass is 10.2. The van der Waals surface area contributed by atoms with E-state index in [0.29, 0.717) is 17.2 Å². The summed E-state index contributed by atoms with van der Waals surface area (Å²) in [5.74, 6) is 0.720. The van der Waals surface area contributed by atoms with Crippen molar-refractivity contribution in [2.24, 2.45) is 0 Å². The smallest absolute Gasteiger partial charge is 0.246 e. The van der Waals surface area contributed by atoms with Gasteiger partial charge in [-0.1, -0.05) is 18.2 Å². The quantitative estimate of drug-likeness (QED) is 0.777. The van der Waals surface area contributed by atoms with Gasteiger partial charge in [0.25, 0.3) is 0 Å². The molecule has 2 amide bonds. The molecule has 0 fully saturated rings. The van der Waals surface area contributed by atoms with Gasteiger partial charge in [0.05, 0.1) is 20.8 Å². The summed E-state index contributed by atoms with van der Waals surface area (Å²) < 4.78 is 10.4. The number of hydrogen-bond donors (Lipinski definition) is 1. The van der Waals surface area contributed by atoms with Crippen molar-refractivity contribution >= 4 is 23.6 Å². The van der Waals surface area contributed by atoms with Crippen molar-refractivity contribution in [3.63, 3.8) is 0 Å². The van der Waals surface area contributed by atoms with E-state index in [1.807, 2.05) is 18.2 Å². The molecule has 0 bridgehead atoms. The summed E-state index contributed by atoms with van der Waals surface area (Å²) in [6, 6.07) is 14.4. The first-order chi connectivity index (χ1) is 12.5. The molecule has 0 spiro atoms. The van der Waals surface area contributed by atoms with E-state index in [0.717, 1.165) is 5.56 Å². The van der Waals surface area contributed by atoms with Crippen LogP contribution >= 0.6 is 0 Å². The highest BCUT2D eigenvalue weighted by atomic mass is 16.5. The molecule has 2 rings (SSSR count). The van der Waals surface area contributed by atoms with Crippen LogP contribution in [0.15, 0.2) is 54.6 Å². The Balaban J connectivity index is 1.96. The lowest BCUT2D eigenvalue weighted by Gasteiger charge is -2.15.